The van der Waals surface area contributed by atoms with Crippen LogP contribution in [-0.4, -0.2) is 38.0 Å². The number of unbranched alkanes of at least 4 members (excludes halogenated alkanes) is 1. The molecule has 5 nitrogen and oxygen atoms in total. The minimum absolute atomic E-state index is 0.141. The molecule has 0 bridgehead atoms. The van der Waals surface area contributed by atoms with Crippen molar-refractivity contribution < 1.29 is 13.2 Å². The molecule has 0 aliphatic carbocycles. The van der Waals surface area contributed by atoms with Crippen LogP contribution in [0.15, 0.2) is 30.3 Å². The van der Waals surface area contributed by atoms with E-state index in [2.05, 4.69) is 19.2 Å². The first-order chi connectivity index (χ1) is 11.4. The highest BCUT2D eigenvalue weighted by Crippen LogP contribution is 2.12. The Morgan fingerprint density at radius 3 is 2.42 bits per heavy atom. The molecule has 0 saturated carbocycles. The summed E-state index contributed by atoms with van der Waals surface area (Å²) in [6, 6.07) is 9.30. The number of hydrogen-bond donors (Lipinski definition) is 1. The fourth-order valence-electron chi connectivity index (χ4n) is 2.50. The lowest BCUT2D eigenvalue weighted by Crippen LogP contribution is -2.41. The molecule has 1 atom stereocenters. The lowest BCUT2D eigenvalue weighted by molar-refractivity contribution is -0.121. The quantitative estimate of drug-likeness (QED) is 0.664. The number of benzene rings is 1. The Balaban J connectivity index is 2.58. The van der Waals surface area contributed by atoms with Crippen molar-refractivity contribution in [1.29, 1.82) is 0 Å². The number of sulfonamides is 1. The van der Waals surface area contributed by atoms with Crippen LogP contribution in [0.4, 0.5) is 0 Å². The molecule has 136 valence electrons. The molecule has 0 spiro atoms. The number of nitrogens with one attached hydrogen (secondary N) is 1. The number of carbonyl (C=O) groups excluding carboxylic acids is 1. The topological polar surface area (TPSA) is 66.5 Å². The van der Waals surface area contributed by atoms with Gasteiger partial charge in [0.2, 0.25) is 15.9 Å². The van der Waals surface area contributed by atoms with Crippen molar-refractivity contribution in [3.63, 3.8) is 0 Å². The second-order valence-corrected chi connectivity index (χ2v) is 8.22. The molecular formula is C18H30N2O3S. The monoisotopic (exact) mass is 354 g/mol. The molecule has 0 saturated heterocycles. The van der Waals surface area contributed by atoms with Gasteiger partial charge < -0.3 is 5.32 Å². The largest absolute Gasteiger partial charge is 0.355 e. The van der Waals surface area contributed by atoms with Crippen LogP contribution in [-0.2, 0) is 21.4 Å². The van der Waals surface area contributed by atoms with E-state index in [1.165, 1.54) is 4.31 Å². The highest BCUT2D eigenvalue weighted by Gasteiger charge is 2.20. The third kappa shape index (κ3) is 7.93. The first-order valence-electron chi connectivity index (χ1n) is 8.62. The van der Waals surface area contributed by atoms with Crippen LogP contribution in [0.1, 0.15) is 45.1 Å². The normalized spacial score (nSPS) is 13.0. The van der Waals surface area contributed by atoms with E-state index in [4.69, 9.17) is 0 Å². The zero-order chi connectivity index (χ0) is 18.0. The lowest BCUT2D eigenvalue weighted by Gasteiger charge is -2.21. The van der Waals surface area contributed by atoms with Gasteiger partial charge in [0, 0.05) is 13.1 Å². The molecule has 0 fully saturated rings. The van der Waals surface area contributed by atoms with Crippen molar-refractivity contribution in [3.05, 3.63) is 35.9 Å². The van der Waals surface area contributed by atoms with Gasteiger partial charge in [-0.2, -0.15) is 4.31 Å². The van der Waals surface area contributed by atoms with Gasteiger partial charge in [0.1, 0.15) is 0 Å². The number of rotatable bonds is 11. The van der Waals surface area contributed by atoms with Crippen LogP contribution in [0.3, 0.4) is 0 Å². The second-order valence-electron chi connectivity index (χ2n) is 6.24. The summed E-state index contributed by atoms with van der Waals surface area (Å²) in [5.74, 6) is 0.209. The Bertz CT molecular complexity index is 588. The van der Waals surface area contributed by atoms with Crippen molar-refractivity contribution >= 4 is 15.9 Å². The minimum atomic E-state index is -3.44. The fraction of sp³-hybridized carbons (Fsp3) is 0.611. The number of hydrogen-bond acceptors (Lipinski definition) is 3. The molecule has 1 N–H and O–H groups in total. The summed E-state index contributed by atoms with van der Waals surface area (Å²) >= 11 is 0. The molecular weight excluding hydrogens is 324 g/mol. The van der Waals surface area contributed by atoms with Gasteiger partial charge in [0.15, 0.2) is 0 Å². The van der Waals surface area contributed by atoms with Crippen LogP contribution in [0.2, 0.25) is 0 Å². The maximum atomic E-state index is 12.2. The highest BCUT2D eigenvalue weighted by molar-refractivity contribution is 7.88. The third-order valence-electron chi connectivity index (χ3n) is 4.12. The first-order valence-corrected chi connectivity index (χ1v) is 10.5. The smallest absolute Gasteiger partial charge is 0.235 e. The van der Waals surface area contributed by atoms with Gasteiger partial charge in [-0.15, -0.1) is 0 Å². The molecule has 1 rings (SSSR count). The minimum Gasteiger partial charge on any atom is -0.355 e. The first kappa shape index (κ1) is 20.6. The van der Waals surface area contributed by atoms with Crippen LogP contribution in [0.25, 0.3) is 0 Å². The van der Waals surface area contributed by atoms with E-state index in [0.717, 1.165) is 37.5 Å². The van der Waals surface area contributed by atoms with E-state index < -0.39 is 10.0 Å². The average Bonchev–Trinajstić information content (AvgIpc) is 2.54. The summed E-state index contributed by atoms with van der Waals surface area (Å²) in [4.78, 5) is 12.2. The predicted octanol–water partition coefficient (Wildman–Crippen LogP) is 2.78. The van der Waals surface area contributed by atoms with Crippen molar-refractivity contribution in [2.45, 2.75) is 46.1 Å². The summed E-state index contributed by atoms with van der Waals surface area (Å²) in [6.07, 6.45) is 5.54. The molecule has 6 heteroatoms. The highest BCUT2D eigenvalue weighted by atomic mass is 32.2. The molecule has 0 aliphatic heterocycles. The molecule has 0 radical (unpaired) electrons. The molecule has 24 heavy (non-hydrogen) atoms. The predicted molar refractivity (Wildman–Crippen MR) is 98.0 cm³/mol. The average molecular weight is 355 g/mol. The zero-order valence-electron chi connectivity index (χ0n) is 15.0. The molecule has 0 aliphatic rings. The Morgan fingerprint density at radius 1 is 1.21 bits per heavy atom. The van der Waals surface area contributed by atoms with Gasteiger partial charge in [0.05, 0.1) is 12.8 Å². The van der Waals surface area contributed by atoms with Crippen molar-refractivity contribution in [1.82, 2.24) is 9.62 Å². The van der Waals surface area contributed by atoms with Gasteiger partial charge in [-0.05, 0) is 17.9 Å². The molecule has 1 aromatic rings. The summed E-state index contributed by atoms with van der Waals surface area (Å²) in [6.45, 7) is 4.94. The SMILES string of the molecule is CCCCC(CC)CNC(=O)CN(Cc1ccccc1)S(C)(=O)=O. The molecule has 1 aromatic carbocycles. The van der Waals surface area contributed by atoms with E-state index in [-0.39, 0.29) is 19.0 Å². The van der Waals surface area contributed by atoms with E-state index >= 15 is 0 Å². The summed E-state index contributed by atoms with van der Waals surface area (Å²) < 4.78 is 25.1. The molecule has 1 unspecified atom stereocenters. The van der Waals surface area contributed by atoms with E-state index in [1.54, 1.807) is 0 Å². The third-order valence-corrected chi connectivity index (χ3v) is 5.32. The molecule has 0 heterocycles. The Morgan fingerprint density at radius 2 is 1.88 bits per heavy atom. The van der Waals surface area contributed by atoms with Crippen LogP contribution < -0.4 is 5.32 Å². The Labute approximate surface area is 146 Å². The van der Waals surface area contributed by atoms with E-state index in [9.17, 15) is 13.2 Å². The fourth-order valence-corrected chi connectivity index (χ4v) is 3.23. The van der Waals surface area contributed by atoms with Gasteiger partial charge in [-0.1, -0.05) is 63.4 Å². The second kappa shape index (κ2) is 10.5. The zero-order valence-corrected chi connectivity index (χ0v) is 15.8. The Kier molecular flexibility index (Phi) is 9.00. The number of carbonyl (C=O) groups is 1. The van der Waals surface area contributed by atoms with Crippen molar-refractivity contribution in [2.24, 2.45) is 5.92 Å². The van der Waals surface area contributed by atoms with E-state index in [0.29, 0.717) is 12.5 Å². The van der Waals surface area contributed by atoms with Crippen molar-refractivity contribution in [2.75, 3.05) is 19.3 Å². The molecule has 0 aromatic heterocycles. The standard InChI is InChI=1S/C18H30N2O3S/c1-4-6-10-16(5-2)13-19-18(21)15-20(24(3,22)23)14-17-11-8-7-9-12-17/h7-9,11-12,16H,4-6,10,13-15H2,1-3H3,(H,19,21). The summed E-state index contributed by atoms with van der Waals surface area (Å²) in [5.41, 5.74) is 0.866. The van der Waals surface area contributed by atoms with E-state index in [1.807, 2.05) is 30.3 Å². The summed E-state index contributed by atoms with van der Waals surface area (Å²) in [7, 11) is -3.44. The maximum absolute atomic E-state index is 12.2. The molecule has 1 amide bonds. The van der Waals surface area contributed by atoms with Crippen LogP contribution in [0, 0.1) is 5.92 Å². The van der Waals surface area contributed by atoms with Gasteiger partial charge in [-0.25, -0.2) is 8.42 Å². The maximum Gasteiger partial charge on any atom is 0.235 e. The Hall–Kier alpha value is -1.40. The summed E-state index contributed by atoms with van der Waals surface area (Å²) in [5, 5.41) is 2.89. The number of nitrogens with zero attached hydrogens (tertiary/aromatic N) is 1. The van der Waals surface area contributed by atoms with Crippen LogP contribution >= 0.6 is 0 Å². The van der Waals surface area contributed by atoms with Gasteiger partial charge in [0.25, 0.3) is 0 Å². The lowest BCUT2D eigenvalue weighted by atomic mass is 9.99. The number of amides is 1. The van der Waals surface area contributed by atoms with Gasteiger partial charge in [-0.3, -0.25) is 4.79 Å². The van der Waals surface area contributed by atoms with Gasteiger partial charge >= 0.3 is 0 Å². The van der Waals surface area contributed by atoms with Crippen LogP contribution in [0.5, 0.6) is 0 Å². The van der Waals surface area contributed by atoms with Crippen molar-refractivity contribution in [3.8, 4) is 0 Å².